The number of nitrogens with zero attached hydrogens (tertiary/aromatic N) is 2. The molecule has 16 heavy (non-hydrogen) atoms. The van der Waals surface area contributed by atoms with E-state index in [-0.39, 0.29) is 5.82 Å². The summed E-state index contributed by atoms with van der Waals surface area (Å²) < 4.78 is 0. The lowest BCUT2D eigenvalue weighted by atomic mass is 10.2. The van der Waals surface area contributed by atoms with Gasteiger partial charge in [0.2, 0.25) is 0 Å². The number of carbonyl (C=O) groups is 1. The Balaban J connectivity index is 2.19. The van der Waals surface area contributed by atoms with Crippen molar-refractivity contribution in [2.24, 2.45) is 5.73 Å². The van der Waals surface area contributed by atoms with Crippen molar-refractivity contribution >= 4 is 28.2 Å². The minimum Gasteiger partial charge on any atom is -0.382 e. The average Bonchev–Trinajstić information content (AvgIpc) is 2.50. The number of primary amides is 1. The molecule has 0 unspecified atom stereocenters. The molecule has 1 aliphatic rings. The van der Waals surface area contributed by atoms with Gasteiger partial charge in [0.15, 0.2) is 5.13 Å². The van der Waals surface area contributed by atoms with E-state index in [1.54, 1.807) is 0 Å². The van der Waals surface area contributed by atoms with Crippen molar-refractivity contribution in [3.8, 4) is 0 Å². The highest BCUT2D eigenvalue weighted by Gasteiger charge is 2.18. The Morgan fingerprint density at radius 2 is 1.88 bits per heavy atom. The molecular weight excluding hydrogens is 224 g/mol. The third kappa shape index (κ3) is 2.27. The highest BCUT2D eigenvalue weighted by Crippen LogP contribution is 2.29. The summed E-state index contributed by atoms with van der Waals surface area (Å²) in [6.45, 7) is 1.98. The molecule has 0 spiro atoms. The lowest BCUT2D eigenvalue weighted by Gasteiger charge is -2.18. The zero-order chi connectivity index (χ0) is 11.5. The summed E-state index contributed by atoms with van der Waals surface area (Å²) in [6.07, 6.45) is 4.87. The second-order valence-electron chi connectivity index (χ2n) is 3.98. The standard InChI is InChI=1S/C10H16N4OS/c11-8-7(9(12)15)16-10(13-8)14-5-3-1-2-4-6-14/h1-6,11H2,(H2,12,15). The number of aromatic nitrogens is 1. The SMILES string of the molecule is NC(=O)c1sc(N2CCCCCC2)nc1N. The summed E-state index contributed by atoms with van der Waals surface area (Å²) in [5.74, 6) is -0.229. The van der Waals surface area contributed by atoms with Crippen LogP contribution >= 0.6 is 11.3 Å². The zero-order valence-electron chi connectivity index (χ0n) is 9.11. The highest BCUT2D eigenvalue weighted by molar-refractivity contribution is 7.18. The molecule has 0 bridgehead atoms. The Kier molecular flexibility index (Phi) is 3.28. The maximum absolute atomic E-state index is 11.1. The molecule has 1 amide bonds. The van der Waals surface area contributed by atoms with Gasteiger partial charge in [-0.2, -0.15) is 0 Å². The maximum Gasteiger partial charge on any atom is 0.262 e. The summed E-state index contributed by atoms with van der Waals surface area (Å²) >= 11 is 1.30. The van der Waals surface area contributed by atoms with Gasteiger partial charge in [0.05, 0.1) is 0 Å². The summed E-state index contributed by atoms with van der Waals surface area (Å²) in [4.78, 5) is 17.9. The predicted octanol–water partition coefficient (Wildman–Crippen LogP) is 1.20. The third-order valence-electron chi connectivity index (χ3n) is 2.74. The van der Waals surface area contributed by atoms with Crippen LogP contribution in [0.25, 0.3) is 0 Å². The molecule has 5 nitrogen and oxygen atoms in total. The lowest BCUT2D eigenvalue weighted by molar-refractivity contribution is 0.100. The Hall–Kier alpha value is -1.30. The first-order valence-electron chi connectivity index (χ1n) is 5.49. The summed E-state index contributed by atoms with van der Waals surface area (Å²) in [5, 5.41) is 0.827. The average molecular weight is 240 g/mol. The molecule has 6 heteroatoms. The van der Waals surface area contributed by atoms with E-state index in [2.05, 4.69) is 9.88 Å². The molecule has 1 aromatic heterocycles. The van der Waals surface area contributed by atoms with Crippen molar-refractivity contribution in [1.29, 1.82) is 0 Å². The van der Waals surface area contributed by atoms with Gasteiger partial charge in [-0.1, -0.05) is 24.2 Å². The molecule has 0 radical (unpaired) electrons. The van der Waals surface area contributed by atoms with Crippen molar-refractivity contribution < 1.29 is 4.79 Å². The van der Waals surface area contributed by atoms with E-state index < -0.39 is 5.91 Å². The first kappa shape index (κ1) is 11.2. The number of carbonyl (C=O) groups excluding carboxylic acids is 1. The quantitative estimate of drug-likeness (QED) is 0.813. The van der Waals surface area contributed by atoms with Crippen molar-refractivity contribution in [2.45, 2.75) is 25.7 Å². The molecule has 88 valence electrons. The number of rotatable bonds is 2. The monoisotopic (exact) mass is 240 g/mol. The topological polar surface area (TPSA) is 85.2 Å². The fourth-order valence-corrected chi connectivity index (χ4v) is 2.78. The third-order valence-corrected chi connectivity index (χ3v) is 3.89. The van der Waals surface area contributed by atoms with Crippen LogP contribution in [0.4, 0.5) is 10.9 Å². The number of anilines is 2. The van der Waals surface area contributed by atoms with Crippen molar-refractivity contribution in [3.05, 3.63) is 4.88 Å². The Morgan fingerprint density at radius 3 is 2.38 bits per heavy atom. The van der Waals surface area contributed by atoms with E-state index in [0.29, 0.717) is 4.88 Å². The molecule has 1 saturated heterocycles. The molecule has 1 aromatic rings. The van der Waals surface area contributed by atoms with E-state index in [1.165, 1.54) is 37.0 Å². The predicted molar refractivity (Wildman–Crippen MR) is 65.7 cm³/mol. The maximum atomic E-state index is 11.1. The molecule has 0 aliphatic carbocycles. The van der Waals surface area contributed by atoms with Crippen molar-refractivity contribution in [1.82, 2.24) is 4.98 Å². The van der Waals surface area contributed by atoms with E-state index >= 15 is 0 Å². The molecule has 0 saturated carbocycles. The van der Waals surface area contributed by atoms with Gasteiger partial charge in [-0.15, -0.1) is 0 Å². The molecule has 0 atom stereocenters. The van der Waals surface area contributed by atoms with Gasteiger partial charge in [0.1, 0.15) is 10.7 Å². The Morgan fingerprint density at radius 1 is 1.25 bits per heavy atom. The normalized spacial score (nSPS) is 17.1. The van der Waals surface area contributed by atoms with Gasteiger partial charge < -0.3 is 16.4 Å². The van der Waals surface area contributed by atoms with E-state index in [1.807, 2.05) is 0 Å². The lowest BCUT2D eigenvalue weighted by Crippen LogP contribution is -2.23. The van der Waals surface area contributed by atoms with Crippen LogP contribution in [0.5, 0.6) is 0 Å². The van der Waals surface area contributed by atoms with E-state index in [4.69, 9.17) is 11.5 Å². The molecule has 2 rings (SSSR count). The Labute approximate surface area is 98.4 Å². The number of nitrogen functional groups attached to an aromatic ring is 1. The number of hydrogen-bond donors (Lipinski definition) is 2. The van der Waals surface area contributed by atoms with E-state index in [0.717, 1.165) is 18.2 Å². The van der Waals surface area contributed by atoms with Crippen LogP contribution in [0.3, 0.4) is 0 Å². The first-order valence-corrected chi connectivity index (χ1v) is 6.31. The van der Waals surface area contributed by atoms with Gasteiger partial charge in [0, 0.05) is 13.1 Å². The highest BCUT2D eigenvalue weighted by atomic mass is 32.1. The van der Waals surface area contributed by atoms with Crippen LogP contribution < -0.4 is 16.4 Å². The van der Waals surface area contributed by atoms with Crippen molar-refractivity contribution in [2.75, 3.05) is 23.7 Å². The summed E-state index contributed by atoms with van der Waals surface area (Å²) in [7, 11) is 0. The largest absolute Gasteiger partial charge is 0.382 e. The molecule has 0 aromatic carbocycles. The smallest absolute Gasteiger partial charge is 0.262 e. The zero-order valence-corrected chi connectivity index (χ0v) is 9.92. The second kappa shape index (κ2) is 4.69. The number of hydrogen-bond acceptors (Lipinski definition) is 5. The molecule has 1 aliphatic heterocycles. The van der Waals surface area contributed by atoms with Gasteiger partial charge in [-0.3, -0.25) is 4.79 Å². The summed E-state index contributed by atoms with van der Waals surface area (Å²) in [5.41, 5.74) is 10.9. The number of thiazole rings is 1. The van der Waals surface area contributed by atoms with Gasteiger partial charge >= 0.3 is 0 Å². The van der Waals surface area contributed by atoms with E-state index in [9.17, 15) is 4.79 Å². The molecule has 2 heterocycles. The number of nitrogens with two attached hydrogens (primary N) is 2. The molecule has 4 N–H and O–H groups in total. The van der Waals surface area contributed by atoms with Gasteiger partial charge in [-0.25, -0.2) is 4.98 Å². The van der Waals surface area contributed by atoms with Crippen LogP contribution in [-0.2, 0) is 0 Å². The number of amides is 1. The van der Waals surface area contributed by atoms with Crippen LogP contribution in [0.1, 0.15) is 35.4 Å². The summed E-state index contributed by atoms with van der Waals surface area (Å²) in [6, 6.07) is 0. The van der Waals surface area contributed by atoms with Crippen LogP contribution in [0, 0.1) is 0 Å². The van der Waals surface area contributed by atoms with Crippen LogP contribution in [-0.4, -0.2) is 24.0 Å². The fourth-order valence-electron chi connectivity index (χ4n) is 1.89. The van der Waals surface area contributed by atoms with Crippen molar-refractivity contribution in [3.63, 3.8) is 0 Å². The first-order chi connectivity index (χ1) is 7.68. The second-order valence-corrected chi connectivity index (χ2v) is 4.95. The molecule has 1 fully saturated rings. The van der Waals surface area contributed by atoms with Gasteiger partial charge in [-0.05, 0) is 12.8 Å². The molecular formula is C10H16N4OS. The minimum atomic E-state index is -0.490. The van der Waals surface area contributed by atoms with Crippen LogP contribution in [0.2, 0.25) is 0 Å². The van der Waals surface area contributed by atoms with Gasteiger partial charge in [0.25, 0.3) is 5.91 Å². The van der Waals surface area contributed by atoms with Crippen LogP contribution in [0.15, 0.2) is 0 Å². The Bertz CT molecular complexity index is 382. The minimum absolute atomic E-state index is 0.261. The fraction of sp³-hybridized carbons (Fsp3) is 0.600.